The number of carbonyl (C=O) groups excluding carboxylic acids is 1. The molecule has 0 radical (unpaired) electrons. The number of tetrazole rings is 1. The van der Waals surface area contributed by atoms with Crippen LogP contribution in [-0.4, -0.2) is 32.2 Å². The Morgan fingerprint density at radius 3 is 2.77 bits per heavy atom. The van der Waals surface area contributed by atoms with Crippen LogP contribution in [0.25, 0.3) is 0 Å². The predicted octanol–water partition coefficient (Wildman–Crippen LogP) is 3.02. The van der Waals surface area contributed by atoms with Crippen molar-refractivity contribution in [2.45, 2.75) is 45.1 Å². The highest BCUT2D eigenvalue weighted by atomic mass is 79.9. The van der Waals surface area contributed by atoms with E-state index in [9.17, 15) is 4.79 Å². The van der Waals surface area contributed by atoms with Crippen LogP contribution in [0.5, 0.6) is 0 Å². The third-order valence-electron chi connectivity index (χ3n) is 2.93. The van der Waals surface area contributed by atoms with Gasteiger partial charge < -0.3 is 4.74 Å². The van der Waals surface area contributed by atoms with Crippen molar-refractivity contribution < 1.29 is 9.53 Å². The van der Waals surface area contributed by atoms with Crippen molar-refractivity contribution in [3.63, 3.8) is 0 Å². The van der Waals surface area contributed by atoms with E-state index >= 15 is 0 Å². The molecule has 0 aliphatic rings. The standard InChI is InChI=1S/C15H19BrN4O2/c1-15(2,3)22-13(21)9-11(14-17-19-20-18-14)7-10-5-4-6-12(16)8-10/h4-6,8,11H,7,9H2,1-3H3,(H,17,18,19,20). The number of benzene rings is 1. The van der Waals surface area contributed by atoms with E-state index in [-0.39, 0.29) is 18.3 Å². The van der Waals surface area contributed by atoms with E-state index in [1.54, 1.807) is 0 Å². The lowest BCUT2D eigenvalue weighted by atomic mass is 9.95. The van der Waals surface area contributed by atoms with Crippen LogP contribution in [0.4, 0.5) is 0 Å². The van der Waals surface area contributed by atoms with Gasteiger partial charge in [-0.25, -0.2) is 0 Å². The molecule has 0 aliphatic heterocycles. The molecule has 2 aromatic rings. The molecular formula is C15H19BrN4O2. The van der Waals surface area contributed by atoms with Crippen molar-refractivity contribution in [2.75, 3.05) is 0 Å². The monoisotopic (exact) mass is 366 g/mol. The summed E-state index contributed by atoms with van der Waals surface area (Å²) in [6, 6.07) is 7.94. The van der Waals surface area contributed by atoms with Gasteiger partial charge in [-0.2, -0.15) is 5.21 Å². The Labute approximate surface area is 137 Å². The molecule has 6 nitrogen and oxygen atoms in total. The van der Waals surface area contributed by atoms with Crippen molar-refractivity contribution >= 4 is 21.9 Å². The number of ether oxygens (including phenoxy) is 1. The van der Waals surface area contributed by atoms with Crippen LogP contribution in [0, 0.1) is 0 Å². The zero-order valence-corrected chi connectivity index (χ0v) is 14.4. The number of halogens is 1. The fourth-order valence-electron chi connectivity index (χ4n) is 2.13. The van der Waals surface area contributed by atoms with Crippen LogP contribution in [0.15, 0.2) is 28.7 Å². The molecule has 1 atom stereocenters. The fraction of sp³-hybridized carbons (Fsp3) is 0.467. The second-order valence-corrected chi connectivity index (χ2v) is 7.01. The van der Waals surface area contributed by atoms with Crippen molar-refractivity contribution in [3.8, 4) is 0 Å². The molecule has 1 N–H and O–H groups in total. The van der Waals surface area contributed by atoms with Crippen molar-refractivity contribution in [1.29, 1.82) is 0 Å². The number of esters is 1. The van der Waals surface area contributed by atoms with E-state index < -0.39 is 5.60 Å². The van der Waals surface area contributed by atoms with Crippen molar-refractivity contribution in [1.82, 2.24) is 20.6 Å². The highest BCUT2D eigenvalue weighted by Gasteiger charge is 2.24. The van der Waals surface area contributed by atoms with Gasteiger partial charge in [-0.05, 0) is 44.9 Å². The summed E-state index contributed by atoms with van der Waals surface area (Å²) in [5.41, 5.74) is 0.585. The Morgan fingerprint density at radius 2 is 2.18 bits per heavy atom. The summed E-state index contributed by atoms with van der Waals surface area (Å²) < 4.78 is 6.39. The van der Waals surface area contributed by atoms with Gasteiger partial charge in [-0.1, -0.05) is 33.3 Å². The maximum atomic E-state index is 12.1. The van der Waals surface area contributed by atoms with Crippen LogP contribution in [-0.2, 0) is 16.0 Å². The topological polar surface area (TPSA) is 80.8 Å². The molecule has 1 heterocycles. The Kier molecular flexibility index (Phi) is 5.28. The number of carbonyl (C=O) groups is 1. The molecule has 7 heteroatoms. The van der Waals surface area contributed by atoms with Crippen LogP contribution < -0.4 is 0 Å². The smallest absolute Gasteiger partial charge is 0.307 e. The molecule has 0 saturated carbocycles. The normalized spacial score (nSPS) is 12.9. The summed E-state index contributed by atoms with van der Waals surface area (Å²) in [6.45, 7) is 5.55. The zero-order valence-electron chi connectivity index (χ0n) is 12.8. The van der Waals surface area contributed by atoms with Crippen LogP contribution in [0.1, 0.15) is 44.5 Å². The molecule has 0 amide bonds. The van der Waals surface area contributed by atoms with Crippen LogP contribution >= 0.6 is 15.9 Å². The quantitative estimate of drug-likeness (QED) is 0.822. The van der Waals surface area contributed by atoms with Crippen molar-refractivity contribution in [3.05, 3.63) is 40.1 Å². The fourth-order valence-corrected chi connectivity index (χ4v) is 2.58. The SMILES string of the molecule is CC(C)(C)OC(=O)CC(Cc1cccc(Br)c1)c1nn[nH]n1. The summed E-state index contributed by atoms with van der Waals surface area (Å²) >= 11 is 3.45. The Hall–Kier alpha value is -1.76. The van der Waals surface area contributed by atoms with E-state index in [4.69, 9.17) is 4.74 Å². The second kappa shape index (κ2) is 7.00. The molecule has 118 valence electrons. The molecule has 2 rings (SSSR count). The van der Waals surface area contributed by atoms with Gasteiger partial charge in [0.05, 0.1) is 6.42 Å². The van der Waals surface area contributed by atoms with E-state index in [2.05, 4.69) is 36.6 Å². The molecule has 0 bridgehead atoms. The van der Waals surface area contributed by atoms with Gasteiger partial charge in [0.15, 0.2) is 5.82 Å². The first-order chi connectivity index (χ1) is 10.3. The minimum Gasteiger partial charge on any atom is -0.460 e. The van der Waals surface area contributed by atoms with E-state index in [1.807, 2.05) is 45.0 Å². The lowest BCUT2D eigenvalue weighted by Crippen LogP contribution is -2.25. The second-order valence-electron chi connectivity index (χ2n) is 6.09. The van der Waals surface area contributed by atoms with Gasteiger partial charge in [0.25, 0.3) is 0 Å². The number of H-pyrrole nitrogens is 1. The summed E-state index contributed by atoms with van der Waals surface area (Å²) in [5.74, 6) is 0.0750. The third kappa shape index (κ3) is 5.22. The summed E-state index contributed by atoms with van der Waals surface area (Å²) in [4.78, 5) is 12.1. The summed E-state index contributed by atoms with van der Waals surface area (Å²) in [5, 5.41) is 14.1. The minimum atomic E-state index is -0.505. The first kappa shape index (κ1) is 16.6. The number of aromatic nitrogens is 4. The Bertz CT molecular complexity index is 623. The van der Waals surface area contributed by atoms with Gasteiger partial charge in [-0.3, -0.25) is 4.79 Å². The first-order valence-corrected chi connectivity index (χ1v) is 7.82. The number of aromatic amines is 1. The van der Waals surface area contributed by atoms with E-state index in [1.165, 1.54) is 0 Å². The number of hydrogen-bond donors (Lipinski definition) is 1. The Balaban J connectivity index is 2.12. The molecule has 0 fully saturated rings. The minimum absolute atomic E-state index is 0.178. The zero-order chi connectivity index (χ0) is 16.2. The molecule has 1 aromatic carbocycles. The molecule has 0 saturated heterocycles. The number of nitrogens with one attached hydrogen (secondary N) is 1. The van der Waals surface area contributed by atoms with Crippen LogP contribution in [0.3, 0.4) is 0 Å². The average Bonchev–Trinajstić information content (AvgIpc) is 2.89. The maximum Gasteiger partial charge on any atom is 0.307 e. The highest BCUT2D eigenvalue weighted by molar-refractivity contribution is 9.10. The third-order valence-corrected chi connectivity index (χ3v) is 3.42. The Morgan fingerprint density at radius 1 is 1.41 bits per heavy atom. The van der Waals surface area contributed by atoms with E-state index in [0.717, 1.165) is 10.0 Å². The number of nitrogens with zero attached hydrogens (tertiary/aromatic N) is 3. The molecule has 22 heavy (non-hydrogen) atoms. The molecule has 1 unspecified atom stereocenters. The van der Waals surface area contributed by atoms with Crippen molar-refractivity contribution in [2.24, 2.45) is 0 Å². The van der Waals surface area contributed by atoms with E-state index in [0.29, 0.717) is 12.2 Å². The number of rotatable bonds is 5. The molecule has 0 spiro atoms. The average molecular weight is 367 g/mol. The summed E-state index contributed by atoms with van der Waals surface area (Å²) in [6.07, 6.45) is 0.849. The number of hydrogen-bond acceptors (Lipinski definition) is 5. The van der Waals surface area contributed by atoms with Gasteiger partial charge in [0.2, 0.25) is 0 Å². The molecule has 0 aliphatic carbocycles. The summed E-state index contributed by atoms with van der Waals surface area (Å²) in [7, 11) is 0. The predicted molar refractivity (Wildman–Crippen MR) is 85.2 cm³/mol. The van der Waals surface area contributed by atoms with Gasteiger partial charge in [0.1, 0.15) is 5.60 Å². The highest BCUT2D eigenvalue weighted by Crippen LogP contribution is 2.24. The largest absolute Gasteiger partial charge is 0.460 e. The lowest BCUT2D eigenvalue weighted by Gasteiger charge is -2.21. The molecule has 1 aromatic heterocycles. The van der Waals surface area contributed by atoms with Gasteiger partial charge >= 0.3 is 5.97 Å². The molecular weight excluding hydrogens is 348 g/mol. The van der Waals surface area contributed by atoms with Gasteiger partial charge in [-0.15, -0.1) is 10.2 Å². The first-order valence-electron chi connectivity index (χ1n) is 7.03. The van der Waals surface area contributed by atoms with Gasteiger partial charge in [0, 0.05) is 10.4 Å². The van der Waals surface area contributed by atoms with Crippen LogP contribution in [0.2, 0.25) is 0 Å². The maximum absolute atomic E-state index is 12.1. The lowest BCUT2D eigenvalue weighted by molar-refractivity contribution is -0.155.